The number of aromatic amines is 1. The van der Waals surface area contributed by atoms with Gasteiger partial charge in [0.1, 0.15) is 18.0 Å². The Kier molecular flexibility index (Phi) is 5.89. The van der Waals surface area contributed by atoms with Gasteiger partial charge < -0.3 is 20.2 Å². The molecule has 1 aromatic heterocycles. The molecule has 4 unspecified atom stereocenters. The van der Waals surface area contributed by atoms with Crippen LogP contribution in [0.1, 0.15) is 11.8 Å². The maximum absolute atomic E-state index is 13.0. The molecular weight excluding hydrogens is 429 g/mol. The lowest BCUT2D eigenvalue weighted by molar-refractivity contribution is -0.168. The van der Waals surface area contributed by atoms with Gasteiger partial charge in [-0.05, 0) is 33.6 Å². The van der Waals surface area contributed by atoms with Gasteiger partial charge in [0.15, 0.2) is 6.23 Å². The molecule has 2 heterocycles. The first-order chi connectivity index (χ1) is 12.8. The maximum atomic E-state index is 13.0. The van der Waals surface area contributed by atoms with E-state index < -0.39 is 48.2 Å². The Balaban J connectivity index is 1.86. The highest BCUT2D eigenvalue weighted by Gasteiger charge is 2.47. The largest absolute Gasteiger partial charge is 0.394 e. The van der Waals surface area contributed by atoms with Gasteiger partial charge in [-0.3, -0.25) is 14.3 Å². The summed E-state index contributed by atoms with van der Waals surface area (Å²) in [7, 11) is 0. The number of H-pyrrole nitrogens is 1. The summed E-state index contributed by atoms with van der Waals surface area (Å²) >= 11 is 2.99. The van der Waals surface area contributed by atoms with Crippen LogP contribution in [0.25, 0.3) is 0 Å². The lowest BCUT2D eigenvalue weighted by atomic mass is 10.1. The van der Waals surface area contributed by atoms with Crippen LogP contribution in [-0.4, -0.2) is 54.9 Å². The van der Waals surface area contributed by atoms with Gasteiger partial charge in [-0.15, -0.1) is 0 Å². The van der Waals surface area contributed by atoms with Gasteiger partial charge >= 0.3 is 5.69 Å². The van der Waals surface area contributed by atoms with Crippen molar-refractivity contribution < 1.29 is 24.5 Å². The second-order valence-electron chi connectivity index (χ2n) is 6.10. The Labute approximate surface area is 160 Å². The highest BCUT2D eigenvalue weighted by atomic mass is 79.9. The predicted molar refractivity (Wildman–Crippen MR) is 93.5 cm³/mol. The molecule has 27 heavy (non-hydrogen) atoms. The van der Waals surface area contributed by atoms with Crippen LogP contribution in [0.3, 0.4) is 0 Å². The molecule has 0 radical (unpaired) electrons. The summed E-state index contributed by atoms with van der Waals surface area (Å²) in [4.78, 5) is 25.6. The first-order valence-electron chi connectivity index (χ1n) is 7.97. The summed E-state index contributed by atoms with van der Waals surface area (Å²) in [5.41, 5.74) is -0.887. The number of aliphatic hydroxyl groups is 2. The fourth-order valence-corrected chi connectivity index (χ4v) is 3.33. The lowest BCUT2D eigenvalue weighted by Gasteiger charge is -2.27. The van der Waals surface area contributed by atoms with Crippen molar-refractivity contribution >= 4 is 15.9 Å². The van der Waals surface area contributed by atoms with E-state index in [9.17, 15) is 29.4 Å². The van der Waals surface area contributed by atoms with Gasteiger partial charge in [0.05, 0.1) is 17.1 Å². The smallest absolute Gasteiger partial charge is 0.330 e. The number of nitrogens with one attached hydrogen (secondary N) is 1. The first-order valence-corrected chi connectivity index (χ1v) is 8.76. The summed E-state index contributed by atoms with van der Waals surface area (Å²) in [5.74, 6) is -0.427. The maximum Gasteiger partial charge on any atom is 0.330 e. The summed E-state index contributed by atoms with van der Waals surface area (Å²) in [6, 6.07) is 4.33. The molecule has 11 heteroatoms. The average molecular weight is 446 g/mol. The summed E-state index contributed by atoms with van der Waals surface area (Å²) in [6.07, 6.45) is -2.49. The van der Waals surface area contributed by atoms with Crippen LogP contribution < -0.4 is 11.2 Å². The predicted octanol–water partition coefficient (Wildman–Crippen LogP) is -0.0512. The Morgan fingerprint density at radius 1 is 1.30 bits per heavy atom. The van der Waals surface area contributed by atoms with Crippen LogP contribution in [-0.2, 0) is 11.3 Å². The Bertz CT molecular complexity index is 918. The third kappa shape index (κ3) is 4.03. The number of aromatic nitrogens is 2. The zero-order valence-electron chi connectivity index (χ0n) is 13.8. The van der Waals surface area contributed by atoms with E-state index in [1.165, 1.54) is 24.3 Å². The lowest BCUT2D eigenvalue weighted by Crippen LogP contribution is -2.47. The molecule has 0 bridgehead atoms. The molecule has 146 valence electrons. The van der Waals surface area contributed by atoms with Gasteiger partial charge in [-0.25, -0.2) is 9.18 Å². The Hall–Kier alpha value is -1.89. The molecular formula is C16H17BrFN3O6. The molecule has 1 saturated heterocycles. The minimum atomic E-state index is -1.40. The first kappa shape index (κ1) is 19.9. The minimum Gasteiger partial charge on any atom is -0.394 e. The molecule has 2 aromatic rings. The topological polar surface area (TPSA) is 128 Å². The van der Waals surface area contributed by atoms with E-state index in [1.807, 2.05) is 0 Å². The number of rotatable bonds is 5. The standard InChI is InChI=1S/C16H17BrFN3O6/c17-10-6-20(16(25)19-14(10)24)15-13(23)12(11(7-22)27-15)21(26)5-8-1-3-9(18)4-2-8/h1-4,6,11-13,15,22-23,26H,5,7H2,(H,19,24,25). The fraction of sp³-hybridized carbons (Fsp3) is 0.375. The van der Waals surface area contributed by atoms with E-state index in [-0.39, 0.29) is 11.0 Å². The zero-order chi connectivity index (χ0) is 19.7. The molecule has 0 amide bonds. The Morgan fingerprint density at radius 3 is 2.59 bits per heavy atom. The second-order valence-corrected chi connectivity index (χ2v) is 6.95. The number of halogens is 2. The van der Waals surface area contributed by atoms with Crippen molar-refractivity contribution in [2.24, 2.45) is 0 Å². The molecule has 0 saturated carbocycles. The molecule has 1 aromatic carbocycles. The molecule has 4 N–H and O–H groups in total. The normalized spacial score (nSPS) is 25.3. The number of hydrogen-bond acceptors (Lipinski definition) is 7. The molecule has 4 atom stereocenters. The highest BCUT2D eigenvalue weighted by molar-refractivity contribution is 9.10. The molecule has 0 aliphatic carbocycles. The van der Waals surface area contributed by atoms with Gasteiger partial charge in [-0.2, -0.15) is 5.06 Å². The van der Waals surface area contributed by atoms with Crippen LogP contribution in [0.5, 0.6) is 0 Å². The van der Waals surface area contributed by atoms with Crippen LogP contribution in [0.4, 0.5) is 4.39 Å². The number of hydrogen-bond donors (Lipinski definition) is 4. The molecule has 1 fully saturated rings. The highest BCUT2D eigenvalue weighted by Crippen LogP contribution is 2.32. The number of hydroxylamine groups is 2. The molecule has 0 spiro atoms. The number of aliphatic hydroxyl groups excluding tert-OH is 2. The van der Waals surface area contributed by atoms with Crippen molar-refractivity contribution in [1.82, 2.24) is 14.6 Å². The molecule has 3 rings (SSSR count). The monoisotopic (exact) mass is 445 g/mol. The summed E-state index contributed by atoms with van der Waals surface area (Å²) < 4.78 is 19.6. The summed E-state index contributed by atoms with van der Waals surface area (Å²) in [6.45, 7) is -0.600. The Morgan fingerprint density at radius 2 is 1.96 bits per heavy atom. The third-order valence-corrected chi connectivity index (χ3v) is 4.88. The van der Waals surface area contributed by atoms with Crippen LogP contribution in [0, 0.1) is 5.82 Å². The third-order valence-electron chi connectivity index (χ3n) is 4.32. The fourth-order valence-electron chi connectivity index (χ4n) is 3.01. The zero-order valence-corrected chi connectivity index (χ0v) is 15.4. The van der Waals surface area contributed by atoms with Crippen LogP contribution in [0.15, 0.2) is 44.5 Å². The van der Waals surface area contributed by atoms with E-state index in [0.29, 0.717) is 5.56 Å². The van der Waals surface area contributed by atoms with Crippen LogP contribution in [0.2, 0.25) is 0 Å². The van der Waals surface area contributed by atoms with Crippen LogP contribution >= 0.6 is 15.9 Å². The SMILES string of the molecule is O=c1[nH]c(=O)n(C2OC(CO)C(N(O)Cc3ccc(F)cc3)C2O)cc1Br. The average Bonchev–Trinajstić information content (AvgIpc) is 2.96. The molecule has 1 aliphatic heterocycles. The van der Waals surface area contributed by atoms with Crippen molar-refractivity contribution in [2.45, 2.75) is 31.0 Å². The second kappa shape index (κ2) is 8.00. The van der Waals surface area contributed by atoms with E-state index in [0.717, 1.165) is 15.8 Å². The van der Waals surface area contributed by atoms with Crippen molar-refractivity contribution in [3.63, 3.8) is 0 Å². The van der Waals surface area contributed by atoms with E-state index >= 15 is 0 Å². The molecule has 1 aliphatic rings. The van der Waals surface area contributed by atoms with Crippen molar-refractivity contribution in [3.05, 3.63) is 67.2 Å². The summed E-state index contributed by atoms with van der Waals surface area (Å²) in [5, 5.41) is 31.4. The van der Waals surface area contributed by atoms with Crippen molar-refractivity contribution in [2.75, 3.05) is 6.61 Å². The number of benzene rings is 1. The van der Waals surface area contributed by atoms with Gasteiger partial charge in [0.2, 0.25) is 0 Å². The minimum absolute atomic E-state index is 0.0501. The van der Waals surface area contributed by atoms with Crippen molar-refractivity contribution in [3.8, 4) is 0 Å². The number of ether oxygens (including phenoxy) is 1. The molecule has 9 nitrogen and oxygen atoms in total. The van der Waals surface area contributed by atoms with Gasteiger partial charge in [-0.1, -0.05) is 12.1 Å². The van der Waals surface area contributed by atoms with Gasteiger partial charge in [0.25, 0.3) is 5.56 Å². The van der Waals surface area contributed by atoms with Gasteiger partial charge in [0, 0.05) is 12.7 Å². The van der Waals surface area contributed by atoms with Crippen molar-refractivity contribution in [1.29, 1.82) is 0 Å². The van der Waals surface area contributed by atoms with E-state index in [2.05, 4.69) is 20.9 Å². The number of nitrogens with zero attached hydrogens (tertiary/aromatic N) is 2. The van der Waals surface area contributed by atoms with E-state index in [4.69, 9.17) is 4.74 Å². The quantitative estimate of drug-likeness (QED) is 0.475. The van der Waals surface area contributed by atoms with E-state index in [1.54, 1.807) is 0 Å².